The Kier molecular flexibility index (Phi) is 5.48. The molecule has 0 radical (unpaired) electrons. The Morgan fingerprint density at radius 2 is 1.50 bits per heavy atom. The van der Waals surface area contributed by atoms with E-state index in [4.69, 9.17) is 0 Å². The molecule has 2 N–H and O–H groups in total. The van der Waals surface area contributed by atoms with Gasteiger partial charge in [0.15, 0.2) is 0 Å². The average Bonchev–Trinajstić information content (AvgIpc) is 2.67. The number of hydrogen-bond donors (Lipinski definition) is 2. The van der Waals surface area contributed by atoms with Crippen molar-refractivity contribution < 1.29 is 13.6 Å². The number of nitrogens with zero attached hydrogens (tertiary/aromatic N) is 2. The first-order chi connectivity index (χ1) is 12.6. The number of carbonyl (C=O) groups is 1. The topological polar surface area (TPSA) is 66.9 Å². The predicted octanol–water partition coefficient (Wildman–Crippen LogP) is 3.30. The quantitative estimate of drug-likeness (QED) is 0.713. The summed E-state index contributed by atoms with van der Waals surface area (Å²) in [6.45, 7) is 0.271. The summed E-state index contributed by atoms with van der Waals surface area (Å²) >= 11 is 0. The van der Waals surface area contributed by atoms with Gasteiger partial charge in [-0.3, -0.25) is 4.79 Å². The number of anilines is 1. The molecule has 7 heteroatoms. The molecule has 0 saturated carbocycles. The Hall–Kier alpha value is -3.35. The van der Waals surface area contributed by atoms with Gasteiger partial charge in [0.05, 0.1) is 0 Å². The van der Waals surface area contributed by atoms with Crippen molar-refractivity contribution in [3.05, 3.63) is 89.4 Å². The highest BCUT2D eigenvalue weighted by atomic mass is 19.1. The Morgan fingerprint density at radius 3 is 2.15 bits per heavy atom. The van der Waals surface area contributed by atoms with Crippen molar-refractivity contribution in [2.45, 2.75) is 13.1 Å². The lowest BCUT2D eigenvalue weighted by Gasteiger charge is -2.09. The van der Waals surface area contributed by atoms with Crippen LogP contribution in [0.5, 0.6) is 0 Å². The van der Waals surface area contributed by atoms with Crippen molar-refractivity contribution in [1.82, 2.24) is 15.3 Å². The van der Waals surface area contributed by atoms with Gasteiger partial charge >= 0.3 is 0 Å². The molecule has 26 heavy (non-hydrogen) atoms. The van der Waals surface area contributed by atoms with E-state index in [1.165, 1.54) is 24.5 Å². The van der Waals surface area contributed by atoms with Crippen molar-refractivity contribution in [1.29, 1.82) is 0 Å². The van der Waals surface area contributed by atoms with Gasteiger partial charge < -0.3 is 10.6 Å². The smallest absolute Gasteiger partial charge is 0.270 e. The van der Waals surface area contributed by atoms with Gasteiger partial charge in [0.25, 0.3) is 5.91 Å². The summed E-state index contributed by atoms with van der Waals surface area (Å²) in [7, 11) is 0. The molecule has 5 nitrogen and oxygen atoms in total. The molecule has 3 rings (SSSR count). The van der Waals surface area contributed by atoms with Gasteiger partial charge in [0, 0.05) is 30.3 Å². The Labute approximate surface area is 149 Å². The molecule has 3 aromatic rings. The number of nitrogens with one attached hydrogen (secondary N) is 2. The Bertz CT molecular complexity index is 917. The van der Waals surface area contributed by atoms with Crippen molar-refractivity contribution in [3.63, 3.8) is 0 Å². The zero-order valence-electron chi connectivity index (χ0n) is 13.7. The van der Waals surface area contributed by atoms with Crippen LogP contribution >= 0.6 is 0 Å². The first-order valence-corrected chi connectivity index (χ1v) is 7.94. The van der Waals surface area contributed by atoms with E-state index in [1.807, 2.05) is 0 Å². The maximum Gasteiger partial charge on any atom is 0.270 e. The first kappa shape index (κ1) is 17.5. The van der Waals surface area contributed by atoms with Crippen molar-refractivity contribution >= 4 is 11.7 Å². The minimum atomic E-state index is -0.454. The van der Waals surface area contributed by atoms with Crippen LogP contribution in [0.3, 0.4) is 0 Å². The van der Waals surface area contributed by atoms with Crippen LogP contribution in [0.25, 0.3) is 0 Å². The van der Waals surface area contributed by atoms with Crippen molar-refractivity contribution in [2.75, 3.05) is 5.32 Å². The number of carbonyl (C=O) groups excluding carboxylic acids is 1. The number of aromatic nitrogens is 2. The van der Waals surface area contributed by atoms with E-state index in [2.05, 4.69) is 20.6 Å². The molecular formula is C19H16F2N4O. The molecule has 0 fully saturated rings. The van der Waals surface area contributed by atoms with E-state index in [0.717, 1.165) is 0 Å². The SMILES string of the molecule is O=C(NCc1ccccc1F)c1cc(NCc2ccccc2F)ncn1. The zero-order valence-corrected chi connectivity index (χ0v) is 13.7. The molecule has 132 valence electrons. The molecule has 0 aliphatic carbocycles. The second kappa shape index (κ2) is 8.15. The molecule has 0 bridgehead atoms. The standard InChI is InChI=1S/C19H16F2N4O/c20-15-7-3-1-5-13(15)10-22-18-9-17(24-12-25-18)19(26)23-11-14-6-2-4-8-16(14)21/h1-9,12H,10-11H2,(H,23,26)(H,22,24,25). The van der Waals surface area contributed by atoms with Gasteiger partial charge in [-0.05, 0) is 12.1 Å². The van der Waals surface area contributed by atoms with E-state index in [-0.39, 0.29) is 30.4 Å². The fourth-order valence-corrected chi connectivity index (χ4v) is 2.31. The lowest BCUT2D eigenvalue weighted by molar-refractivity contribution is 0.0945. The minimum Gasteiger partial charge on any atom is -0.366 e. The van der Waals surface area contributed by atoms with Crippen molar-refractivity contribution in [3.8, 4) is 0 Å². The first-order valence-electron chi connectivity index (χ1n) is 7.94. The van der Waals surface area contributed by atoms with Crippen LogP contribution in [-0.4, -0.2) is 15.9 Å². The lowest BCUT2D eigenvalue weighted by Crippen LogP contribution is -2.24. The molecule has 1 heterocycles. The molecule has 0 spiro atoms. The zero-order chi connectivity index (χ0) is 18.4. The van der Waals surface area contributed by atoms with Gasteiger partial charge in [-0.2, -0.15) is 0 Å². The number of halogens is 2. The van der Waals surface area contributed by atoms with Gasteiger partial charge in [0.1, 0.15) is 29.5 Å². The number of hydrogen-bond acceptors (Lipinski definition) is 4. The number of amides is 1. The molecule has 2 aromatic carbocycles. The third-order valence-electron chi connectivity index (χ3n) is 3.71. The van der Waals surface area contributed by atoms with Crippen LogP contribution in [0.4, 0.5) is 14.6 Å². The maximum absolute atomic E-state index is 13.6. The molecule has 1 amide bonds. The molecular weight excluding hydrogens is 338 g/mol. The maximum atomic E-state index is 13.6. The van der Waals surface area contributed by atoms with Crippen LogP contribution in [-0.2, 0) is 13.1 Å². The highest BCUT2D eigenvalue weighted by molar-refractivity contribution is 5.92. The summed E-state index contributed by atoms with van der Waals surface area (Å²) in [4.78, 5) is 20.1. The summed E-state index contributed by atoms with van der Waals surface area (Å²) in [6.07, 6.45) is 1.24. The summed E-state index contributed by atoms with van der Waals surface area (Å²) in [6, 6.07) is 14.0. The van der Waals surface area contributed by atoms with Gasteiger partial charge in [-0.25, -0.2) is 18.7 Å². The molecule has 1 aromatic heterocycles. The lowest BCUT2D eigenvalue weighted by atomic mass is 10.2. The van der Waals surface area contributed by atoms with Crippen LogP contribution < -0.4 is 10.6 Å². The third-order valence-corrected chi connectivity index (χ3v) is 3.71. The largest absolute Gasteiger partial charge is 0.366 e. The van der Waals surface area contributed by atoms with Crippen LogP contribution in [0, 0.1) is 11.6 Å². The highest BCUT2D eigenvalue weighted by Gasteiger charge is 2.10. The minimum absolute atomic E-state index is 0.0491. The molecule has 0 aliphatic rings. The predicted molar refractivity (Wildman–Crippen MR) is 93.3 cm³/mol. The molecule has 0 saturated heterocycles. The Morgan fingerprint density at radius 1 is 0.885 bits per heavy atom. The second-order valence-corrected chi connectivity index (χ2v) is 5.51. The van der Waals surface area contributed by atoms with E-state index in [9.17, 15) is 13.6 Å². The normalized spacial score (nSPS) is 10.4. The molecule has 0 atom stereocenters. The summed E-state index contributed by atoms with van der Waals surface area (Å²) in [5, 5.41) is 5.56. The summed E-state index contributed by atoms with van der Waals surface area (Å²) in [5.41, 5.74) is 0.997. The molecule has 0 aliphatic heterocycles. The van der Waals surface area contributed by atoms with Gasteiger partial charge in [-0.15, -0.1) is 0 Å². The van der Waals surface area contributed by atoms with E-state index >= 15 is 0 Å². The van der Waals surface area contributed by atoms with Gasteiger partial charge in [0.2, 0.25) is 0 Å². The Balaban J connectivity index is 1.62. The number of benzene rings is 2. The van der Waals surface area contributed by atoms with Crippen molar-refractivity contribution in [2.24, 2.45) is 0 Å². The van der Waals surface area contributed by atoms with Crippen LogP contribution in [0.2, 0.25) is 0 Å². The summed E-state index contributed by atoms with van der Waals surface area (Å²) < 4.78 is 27.2. The monoisotopic (exact) mass is 354 g/mol. The van der Waals surface area contributed by atoms with E-state index in [1.54, 1.807) is 36.4 Å². The molecule has 0 unspecified atom stereocenters. The van der Waals surface area contributed by atoms with E-state index < -0.39 is 5.91 Å². The van der Waals surface area contributed by atoms with Crippen LogP contribution in [0.1, 0.15) is 21.6 Å². The van der Waals surface area contributed by atoms with E-state index in [0.29, 0.717) is 16.9 Å². The highest BCUT2D eigenvalue weighted by Crippen LogP contribution is 2.11. The van der Waals surface area contributed by atoms with Crippen LogP contribution in [0.15, 0.2) is 60.9 Å². The third kappa shape index (κ3) is 4.38. The second-order valence-electron chi connectivity index (χ2n) is 5.51. The number of rotatable bonds is 6. The fraction of sp³-hybridized carbons (Fsp3) is 0.105. The van der Waals surface area contributed by atoms with Gasteiger partial charge in [-0.1, -0.05) is 36.4 Å². The fourth-order valence-electron chi connectivity index (χ4n) is 2.31. The average molecular weight is 354 g/mol. The summed E-state index contributed by atoms with van der Waals surface area (Å²) in [5.74, 6) is -0.775.